The molecule has 0 aliphatic heterocycles. The third-order valence-corrected chi connectivity index (χ3v) is 5.25. The van der Waals surface area contributed by atoms with Crippen LogP contribution in [-0.4, -0.2) is 15.5 Å². The molecule has 2 N–H and O–H groups in total. The number of hydrogen-bond donors (Lipinski definition) is 2. The molecule has 30 heavy (non-hydrogen) atoms. The maximum Gasteiger partial charge on any atom is 0.328 e. The van der Waals surface area contributed by atoms with E-state index in [0.717, 1.165) is 28.3 Å². The summed E-state index contributed by atoms with van der Waals surface area (Å²) in [5, 5.41) is 2.76. The van der Waals surface area contributed by atoms with Crippen molar-refractivity contribution in [3.63, 3.8) is 0 Å². The second-order valence-electron chi connectivity index (χ2n) is 7.14. The highest BCUT2D eigenvalue weighted by molar-refractivity contribution is 6.04. The topological polar surface area (TPSA) is 97.1 Å². The first-order chi connectivity index (χ1) is 14.6. The second kappa shape index (κ2) is 7.04. The van der Waals surface area contributed by atoms with Crippen LogP contribution in [0.1, 0.15) is 27.2 Å². The zero-order valence-corrected chi connectivity index (χ0v) is 15.8. The molecular formula is C23H17N3O4. The standard InChI is InChI=1S/C23H17N3O4/c27-21(20-12-24-23(29)26(22(20)28)13-17-5-3-9-30-17)25-16-7-8-19-15(11-16)10-14-4-1-2-6-18(14)19/h1-9,11-12H,10,13H2,(H,24,29)(H,25,27). The summed E-state index contributed by atoms with van der Waals surface area (Å²) in [6.45, 7) is -0.0562. The molecule has 0 bridgehead atoms. The zero-order valence-electron chi connectivity index (χ0n) is 15.8. The highest BCUT2D eigenvalue weighted by atomic mass is 16.3. The number of hydrogen-bond acceptors (Lipinski definition) is 4. The molecule has 148 valence electrons. The number of amides is 1. The maximum absolute atomic E-state index is 12.7. The molecule has 5 rings (SSSR count). The molecule has 7 nitrogen and oxygen atoms in total. The number of fused-ring (bicyclic) bond motifs is 3. The van der Waals surface area contributed by atoms with Crippen LogP contribution in [0.5, 0.6) is 0 Å². The van der Waals surface area contributed by atoms with Gasteiger partial charge in [0.1, 0.15) is 11.3 Å². The molecule has 0 saturated heterocycles. The van der Waals surface area contributed by atoms with Gasteiger partial charge in [-0.1, -0.05) is 30.3 Å². The fraction of sp³-hybridized carbons (Fsp3) is 0.0870. The summed E-state index contributed by atoms with van der Waals surface area (Å²) < 4.78 is 6.14. The molecule has 1 amide bonds. The van der Waals surface area contributed by atoms with Crippen molar-refractivity contribution in [2.75, 3.05) is 5.32 Å². The van der Waals surface area contributed by atoms with Gasteiger partial charge < -0.3 is 14.7 Å². The minimum Gasteiger partial charge on any atom is -0.467 e. The number of nitrogens with one attached hydrogen (secondary N) is 2. The van der Waals surface area contributed by atoms with Gasteiger partial charge in [0.25, 0.3) is 11.5 Å². The van der Waals surface area contributed by atoms with Crippen LogP contribution in [0, 0.1) is 0 Å². The monoisotopic (exact) mass is 399 g/mol. The van der Waals surface area contributed by atoms with E-state index in [2.05, 4.69) is 22.4 Å². The van der Waals surface area contributed by atoms with Crippen molar-refractivity contribution in [2.24, 2.45) is 0 Å². The van der Waals surface area contributed by atoms with Crippen LogP contribution in [0.25, 0.3) is 11.1 Å². The first kappa shape index (κ1) is 17.9. The summed E-state index contributed by atoms with van der Waals surface area (Å²) in [4.78, 5) is 40.0. The van der Waals surface area contributed by atoms with E-state index in [9.17, 15) is 14.4 Å². The molecule has 1 aliphatic rings. The highest BCUT2D eigenvalue weighted by Crippen LogP contribution is 2.37. The van der Waals surface area contributed by atoms with E-state index >= 15 is 0 Å². The number of H-pyrrole nitrogens is 1. The molecule has 2 heterocycles. The molecular weight excluding hydrogens is 382 g/mol. The van der Waals surface area contributed by atoms with E-state index < -0.39 is 17.2 Å². The molecule has 0 saturated carbocycles. The second-order valence-corrected chi connectivity index (χ2v) is 7.14. The van der Waals surface area contributed by atoms with Crippen LogP contribution in [0.2, 0.25) is 0 Å². The lowest BCUT2D eigenvalue weighted by Crippen LogP contribution is -2.39. The molecule has 0 atom stereocenters. The van der Waals surface area contributed by atoms with Gasteiger partial charge in [-0.3, -0.25) is 14.2 Å². The van der Waals surface area contributed by atoms with Crippen LogP contribution in [-0.2, 0) is 13.0 Å². The number of rotatable bonds is 4. The molecule has 2 aromatic carbocycles. The SMILES string of the molecule is O=C(Nc1ccc2c(c1)Cc1ccccc1-2)c1c[nH]c(=O)n(Cc2ccco2)c1=O. The summed E-state index contributed by atoms with van der Waals surface area (Å²) in [6, 6.07) is 17.2. The van der Waals surface area contributed by atoms with Crippen molar-refractivity contribution < 1.29 is 9.21 Å². The first-order valence-electron chi connectivity index (χ1n) is 9.47. The minimum atomic E-state index is -0.679. The summed E-state index contributed by atoms with van der Waals surface area (Å²) in [5.74, 6) is -0.141. The highest BCUT2D eigenvalue weighted by Gasteiger charge is 2.20. The Hall–Kier alpha value is -4.13. The molecule has 0 radical (unpaired) electrons. The summed E-state index contributed by atoms with van der Waals surface area (Å²) in [5.41, 5.74) is 3.87. The van der Waals surface area contributed by atoms with Crippen LogP contribution in [0.15, 0.2) is 81.1 Å². The molecule has 1 aliphatic carbocycles. The molecule has 0 spiro atoms. The van der Waals surface area contributed by atoms with Crippen LogP contribution >= 0.6 is 0 Å². The molecule has 0 unspecified atom stereocenters. The fourth-order valence-electron chi connectivity index (χ4n) is 3.80. The maximum atomic E-state index is 12.7. The Bertz CT molecular complexity index is 1380. The smallest absolute Gasteiger partial charge is 0.328 e. The molecule has 2 aromatic heterocycles. The lowest BCUT2D eigenvalue weighted by molar-refractivity contribution is 0.102. The van der Waals surface area contributed by atoms with Crippen molar-refractivity contribution in [3.05, 3.63) is 110 Å². The summed E-state index contributed by atoms with van der Waals surface area (Å²) in [6.07, 6.45) is 3.39. The number of furan rings is 1. The van der Waals surface area contributed by atoms with Crippen LogP contribution in [0.3, 0.4) is 0 Å². The van der Waals surface area contributed by atoms with Crippen molar-refractivity contribution >= 4 is 11.6 Å². The number of aromatic nitrogens is 2. The third kappa shape index (κ3) is 3.06. The number of benzene rings is 2. The van der Waals surface area contributed by atoms with Crippen molar-refractivity contribution in [2.45, 2.75) is 13.0 Å². The van der Waals surface area contributed by atoms with E-state index in [0.29, 0.717) is 11.4 Å². The predicted molar refractivity (Wildman–Crippen MR) is 112 cm³/mol. The zero-order chi connectivity index (χ0) is 20.7. The fourth-order valence-corrected chi connectivity index (χ4v) is 3.80. The van der Waals surface area contributed by atoms with E-state index in [4.69, 9.17) is 4.42 Å². The van der Waals surface area contributed by atoms with E-state index in [1.807, 2.05) is 30.3 Å². The minimum absolute atomic E-state index is 0.0562. The quantitative estimate of drug-likeness (QED) is 0.485. The van der Waals surface area contributed by atoms with Gasteiger partial charge in [-0.25, -0.2) is 4.79 Å². The van der Waals surface area contributed by atoms with E-state index in [-0.39, 0.29) is 12.1 Å². The van der Waals surface area contributed by atoms with Gasteiger partial charge in [0, 0.05) is 11.9 Å². The Kier molecular flexibility index (Phi) is 4.21. The molecule has 7 heteroatoms. The van der Waals surface area contributed by atoms with Gasteiger partial charge >= 0.3 is 5.69 Å². The van der Waals surface area contributed by atoms with Crippen LogP contribution < -0.4 is 16.6 Å². The Balaban J connectivity index is 1.42. The number of nitrogens with zero attached hydrogens (tertiary/aromatic N) is 1. The largest absolute Gasteiger partial charge is 0.467 e. The van der Waals surface area contributed by atoms with Gasteiger partial charge in [-0.2, -0.15) is 0 Å². The van der Waals surface area contributed by atoms with Gasteiger partial charge in [-0.15, -0.1) is 0 Å². The molecule has 4 aromatic rings. The average Bonchev–Trinajstić information content (AvgIpc) is 3.38. The Morgan fingerprint density at radius 1 is 1.03 bits per heavy atom. The normalized spacial score (nSPS) is 11.7. The average molecular weight is 399 g/mol. The van der Waals surface area contributed by atoms with Crippen molar-refractivity contribution in [1.82, 2.24) is 9.55 Å². The number of aromatic amines is 1. The van der Waals surface area contributed by atoms with E-state index in [1.54, 1.807) is 12.1 Å². The molecule has 0 fully saturated rings. The van der Waals surface area contributed by atoms with Gasteiger partial charge in [0.05, 0.1) is 12.8 Å². The van der Waals surface area contributed by atoms with E-state index in [1.165, 1.54) is 17.4 Å². The lowest BCUT2D eigenvalue weighted by atomic mass is 10.1. The van der Waals surface area contributed by atoms with Gasteiger partial charge in [-0.05, 0) is 52.9 Å². The number of carbonyl (C=O) groups is 1. The van der Waals surface area contributed by atoms with Gasteiger partial charge in [0.15, 0.2) is 0 Å². The number of anilines is 1. The summed E-state index contributed by atoms with van der Waals surface area (Å²) in [7, 11) is 0. The van der Waals surface area contributed by atoms with Crippen molar-refractivity contribution in [1.29, 1.82) is 0 Å². The Morgan fingerprint density at radius 3 is 2.70 bits per heavy atom. The van der Waals surface area contributed by atoms with Crippen LogP contribution in [0.4, 0.5) is 5.69 Å². The Morgan fingerprint density at radius 2 is 1.87 bits per heavy atom. The first-order valence-corrected chi connectivity index (χ1v) is 9.47. The van der Waals surface area contributed by atoms with Gasteiger partial charge in [0.2, 0.25) is 0 Å². The predicted octanol–water partition coefficient (Wildman–Crippen LogP) is 3.00. The third-order valence-electron chi connectivity index (χ3n) is 5.25. The Labute approximate surface area is 170 Å². The number of carbonyl (C=O) groups excluding carboxylic acids is 1. The lowest BCUT2D eigenvalue weighted by Gasteiger charge is -2.09. The summed E-state index contributed by atoms with van der Waals surface area (Å²) >= 11 is 0. The van der Waals surface area contributed by atoms with Crippen molar-refractivity contribution in [3.8, 4) is 11.1 Å².